The maximum atomic E-state index is 13.8. The van der Waals surface area contributed by atoms with E-state index in [9.17, 15) is 27.6 Å². The van der Waals surface area contributed by atoms with E-state index in [2.05, 4.69) is 30.6 Å². The minimum Gasteiger partial charge on any atom is -0.406 e. The van der Waals surface area contributed by atoms with Crippen LogP contribution in [0.4, 0.5) is 23.2 Å². The second kappa shape index (κ2) is 10.8. The van der Waals surface area contributed by atoms with Crippen molar-refractivity contribution in [1.29, 1.82) is 5.26 Å². The first-order valence-corrected chi connectivity index (χ1v) is 12.9. The third kappa shape index (κ3) is 5.71. The standard InChI is InChI=1S/C29H26F4N6O2/c1-17-16-39(18(2)15-38(17)25-12-26(40)37(3)24-11-7-21(13-34)36-27(24)25)28(23-10-6-20(30)14-35-23)19-4-8-22(9-5-19)41-29(31,32)33/h4-12,14,17-18,28H,15-16H2,1-3H3/t17-,18+,28?/m0/s1. The van der Waals surface area contributed by atoms with Crippen LogP contribution in [0.5, 0.6) is 5.75 Å². The van der Waals surface area contributed by atoms with Crippen molar-refractivity contribution in [1.82, 2.24) is 19.4 Å². The Labute approximate surface area is 233 Å². The maximum absolute atomic E-state index is 13.8. The van der Waals surface area contributed by atoms with Crippen LogP contribution in [0.2, 0.25) is 0 Å². The number of aromatic nitrogens is 3. The lowest BCUT2D eigenvalue weighted by molar-refractivity contribution is -0.274. The molecule has 3 atom stereocenters. The number of hydrogen-bond acceptors (Lipinski definition) is 7. The number of anilines is 1. The van der Waals surface area contributed by atoms with Crippen molar-refractivity contribution < 1.29 is 22.3 Å². The summed E-state index contributed by atoms with van der Waals surface area (Å²) >= 11 is 0. The van der Waals surface area contributed by atoms with Gasteiger partial charge in [0.2, 0.25) is 0 Å². The third-order valence-corrected chi connectivity index (χ3v) is 7.32. The van der Waals surface area contributed by atoms with Crippen LogP contribution in [-0.2, 0) is 7.05 Å². The van der Waals surface area contributed by atoms with Crippen molar-refractivity contribution in [2.24, 2.45) is 7.05 Å². The molecule has 0 bridgehead atoms. The normalized spacial score (nSPS) is 18.7. The number of halogens is 4. The minimum atomic E-state index is -4.81. The molecule has 0 radical (unpaired) electrons. The number of hydrogen-bond donors (Lipinski definition) is 0. The molecule has 0 saturated carbocycles. The van der Waals surface area contributed by atoms with Gasteiger partial charge in [0.1, 0.15) is 28.8 Å². The zero-order valence-corrected chi connectivity index (χ0v) is 22.4. The van der Waals surface area contributed by atoms with Gasteiger partial charge in [0, 0.05) is 38.3 Å². The van der Waals surface area contributed by atoms with Crippen LogP contribution in [0.15, 0.2) is 65.6 Å². The Balaban J connectivity index is 1.52. The summed E-state index contributed by atoms with van der Waals surface area (Å²) in [6, 6.07) is 14.5. The molecular formula is C29H26F4N6O2. The zero-order chi connectivity index (χ0) is 29.5. The summed E-state index contributed by atoms with van der Waals surface area (Å²) in [6.07, 6.45) is -3.71. The van der Waals surface area contributed by atoms with E-state index in [1.807, 2.05) is 13.8 Å². The minimum absolute atomic E-state index is 0.146. The van der Waals surface area contributed by atoms with Crippen molar-refractivity contribution in [3.05, 3.63) is 93.9 Å². The molecule has 1 fully saturated rings. The van der Waals surface area contributed by atoms with E-state index in [1.165, 1.54) is 28.8 Å². The van der Waals surface area contributed by atoms with Crippen molar-refractivity contribution in [3.8, 4) is 11.8 Å². The largest absolute Gasteiger partial charge is 0.573 e. The number of rotatable bonds is 5. The Morgan fingerprint density at radius 2 is 1.78 bits per heavy atom. The van der Waals surface area contributed by atoms with Gasteiger partial charge in [-0.15, -0.1) is 13.2 Å². The molecule has 3 aromatic heterocycles. The predicted molar refractivity (Wildman–Crippen MR) is 144 cm³/mol. The highest BCUT2D eigenvalue weighted by Crippen LogP contribution is 2.36. The first-order chi connectivity index (χ1) is 19.4. The topological polar surface area (TPSA) is 87.3 Å². The molecule has 0 amide bonds. The van der Waals surface area contributed by atoms with E-state index in [0.29, 0.717) is 41.1 Å². The number of alkyl halides is 3. The maximum Gasteiger partial charge on any atom is 0.573 e. The smallest absolute Gasteiger partial charge is 0.406 e. The molecule has 1 saturated heterocycles. The van der Waals surface area contributed by atoms with Gasteiger partial charge < -0.3 is 14.2 Å². The third-order valence-electron chi connectivity index (χ3n) is 7.32. The lowest BCUT2D eigenvalue weighted by Crippen LogP contribution is -2.57. The highest BCUT2D eigenvalue weighted by atomic mass is 19.4. The SMILES string of the molecule is C[C@@H]1CN(c2cc(=O)n(C)c3ccc(C#N)nc23)[C@@H](C)CN1C(c1ccc(OC(F)(F)F)cc1)c1ccc(F)cn1. The van der Waals surface area contributed by atoms with Crippen LogP contribution in [0.3, 0.4) is 0 Å². The summed E-state index contributed by atoms with van der Waals surface area (Å²) in [6.45, 7) is 4.93. The van der Waals surface area contributed by atoms with Crippen LogP contribution in [0.1, 0.15) is 36.8 Å². The fraction of sp³-hybridized carbons (Fsp3) is 0.310. The molecule has 0 spiro atoms. The van der Waals surface area contributed by atoms with Crippen LogP contribution in [0.25, 0.3) is 11.0 Å². The molecule has 5 rings (SSSR count). The Bertz CT molecular complexity index is 1670. The number of nitriles is 1. The van der Waals surface area contributed by atoms with Gasteiger partial charge in [-0.2, -0.15) is 5.26 Å². The molecule has 1 aromatic carbocycles. The molecule has 1 aliphatic heterocycles. The molecule has 1 aliphatic rings. The van der Waals surface area contributed by atoms with Crippen molar-refractivity contribution in [2.75, 3.05) is 18.0 Å². The van der Waals surface area contributed by atoms with Gasteiger partial charge in [-0.25, -0.2) is 9.37 Å². The number of benzene rings is 1. The Morgan fingerprint density at radius 1 is 1.05 bits per heavy atom. The molecule has 8 nitrogen and oxygen atoms in total. The average Bonchev–Trinajstić information content (AvgIpc) is 2.93. The van der Waals surface area contributed by atoms with Gasteiger partial charge >= 0.3 is 6.36 Å². The Hall–Kier alpha value is -4.50. The second-order valence-electron chi connectivity index (χ2n) is 10.1. The number of ether oxygens (including phenoxy) is 1. The van der Waals surface area contributed by atoms with Gasteiger partial charge in [0.05, 0.1) is 29.1 Å². The summed E-state index contributed by atoms with van der Waals surface area (Å²) in [5.74, 6) is -0.852. The number of piperazine rings is 1. The highest BCUT2D eigenvalue weighted by Gasteiger charge is 2.37. The van der Waals surface area contributed by atoms with E-state index in [4.69, 9.17) is 0 Å². The molecule has 0 aliphatic carbocycles. The molecule has 1 unspecified atom stereocenters. The van der Waals surface area contributed by atoms with Gasteiger partial charge in [-0.05, 0) is 55.8 Å². The van der Waals surface area contributed by atoms with Crippen molar-refractivity contribution >= 4 is 16.7 Å². The van der Waals surface area contributed by atoms with Gasteiger partial charge in [-0.1, -0.05) is 12.1 Å². The molecule has 212 valence electrons. The second-order valence-corrected chi connectivity index (χ2v) is 10.1. The summed E-state index contributed by atoms with van der Waals surface area (Å²) in [7, 11) is 1.65. The van der Waals surface area contributed by atoms with Gasteiger partial charge in [-0.3, -0.25) is 14.7 Å². The summed E-state index contributed by atoms with van der Waals surface area (Å²) < 4.78 is 57.5. The van der Waals surface area contributed by atoms with Crippen LogP contribution in [-0.4, -0.2) is 51.0 Å². The fourth-order valence-electron chi connectivity index (χ4n) is 5.37. The van der Waals surface area contributed by atoms with E-state index in [1.54, 1.807) is 37.4 Å². The Kier molecular flexibility index (Phi) is 7.40. The number of pyridine rings is 3. The molecule has 12 heteroatoms. The predicted octanol–water partition coefficient (Wildman–Crippen LogP) is 4.93. The van der Waals surface area contributed by atoms with Crippen molar-refractivity contribution in [2.45, 2.75) is 38.3 Å². The molecular weight excluding hydrogens is 540 g/mol. The lowest BCUT2D eigenvalue weighted by Gasteiger charge is -2.48. The monoisotopic (exact) mass is 566 g/mol. The van der Waals surface area contributed by atoms with E-state index >= 15 is 0 Å². The van der Waals surface area contributed by atoms with Crippen LogP contribution in [0, 0.1) is 17.1 Å². The quantitative estimate of drug-likeness (QED) is 0.317. The van der Waals surface area contributed by atoms with Crippen molar-refractivity contribution in [3.63, 3.8) is 0 Å². The van der Waals surface area contributed by atoms with Gasteiger partial charge in [0.15, 0.2) is 0 Å². The summed E-state index contributed by atoms with van der Waals surface area (Å²) in [4.78, 5) is 25.9. The molecule has 4 heterocycles. The van der Waals surface area contributed by atoms with E-state index < -0.39 is 18.2 Å². The Morgan fingerprint density at radius 3 is 2.41 bits per heavy atom. The van der Waals surface area contributed by atoms with Crippen LogP contribution < -0.4 is 15.2 Å². The lowest BCUT2D eigenvalue weighted by atomic mass is 9.96. The summed E-state index contributed by atoms with van der Waals surface area (Å²) in [5.41, 5.74) is 2.96. The van der Waals surface area contributed by atoms with Gasteiger partial charge in [0.25, 0.3) is 5.56 Å². The first-order valence-electron chi connectivity index (χ1n) is 12.9. The number of aryl methyl sites for hydroxylation is 1. The van der Waals surface area contributed by atoms with Crippen LogP contribution >= 0.6 is 0 Å². The highest BCUT2D eigenvalue weighted by molar-refractivity contribution is 5.89. The number of fused-ring (bicyclic) bond motifs is 1. The fourth-order valence-corrected chi connectivity index (χ4v) is 5.37. The van der Waals surface area contributed by atoms with E-state index in [0.717, 1.165) is 6.20 Å². The first kappa shape index (κ1) is 28.0. The van der Waals surface area contributed by atoms with E-state index in [-0.39, 0.29) is 29.1 Å². The molecule has 41 heavy (non-hydrogen) atoms. The molecule has 0 N–H and O–H groups in total. The zero-order valence-electron chi connectivity index (χ0n) is 22.4. The molecule has 4 aromatic rings. The average molecular weight is 567 g/mol. The number of nitrogens with zero attached hydrogens (tertiary/aromatic N) is 6. The summed E-state index contributed by atoms with van der Waals surface area (Å²) in [5, 5.41) is 9.42.